The third kappa shape index (κ3) is 10.1. The number of aliphatic hydroxyl groups excluding tert-OH is 2. The second-order valence-electron chi connectivity index (χ2n) is 7.29. The normalized spacial score (nSPS) is 28.0. The van der Waals surface area contributed by atoms with Gasteiger partial charge in [-0.1, -0.05) is 44.9 Å². The second kappa shape index (κ2) is 12.6. The van der Waals surface area contributed by atoms with Gasteiger partial charge in [-0.2, -0.15) is 0 Å². The quantitative estimate of drug-likeness (QED) is 0.436. The van der Waals surface area contributed by atoms with Gasteiger partial charge in [-0.15, -0.1) is 0 Å². The van der Waals surface area contributed by atoms with E-state index in [0.717, 1.165) is 38.5 Å². The summed E-state index contributed by atoms with van der Waals surface area (Å²) in [6.07, 6.45) is 7.91. The summed E-state index contributed by atoms with van der Waals surface area (Å²) >= 11 is 0. The number of ether oxygens (including phenoxy) is 2. The van der Waals surface area contributed by atoms with E-state index in [1.54, 1.807) is 6.92 Å². The Kier molecular flexibility index (Phi) is 11.3. The van der Waals surface area contributed by atoms with Crippen LogP contribution in [0.2, 0.25) is 0 Å². The van der Waals surface area contributed by atoms with Gasteiger partial charge in [0, 0.05) is 12.8 Å². The van der Waals surface area contributed by atoms with E-state index < -0.39 is 24.5 Å². The van der Waals surface area contributed by atoms with Crippen molar-refractivity contribution in [3.05, 3.63) is 0 Å². The zero-order valence-corrected chi connectivity index (χ0v) is 15.7. The smallest absolute Gasteiger partial charge is 0.303 e. The fourth-order valence-corrected chi connectivity index (χ4v) is 3.13. The summed E-state index contributed by atoms with van der Waals surface area (Å²) in [5.74, 6) is -0.701. The van der Waals surface area contributed by atoms with Crippen LogP contribution in [0.15, 0.2) is 0 Å². The van der Waals surface area contributed by atoms with Gasteiger partial charge in [0.25, 0.3) is 0 Å². The monoisotopic (exact) mass is 360 g/mol. The number of rotatable bonds is 13. The Balaban J connectivity index is 1.96. The first-order valence-electron chi connectivity index (χ1n) is 9.79. The van der Waals surface area contributed by atoms with Crippen molar-refractivity contribution < 1.29 is 29.6 Å². The molecule has 5 atom stereocenters. The average Bonchev–Trinajstić information content (AvgIpc) is 2.54. The van der Waals surface area contributed by atoms with E-state index in [1.807, 2.05) is 6.92 Å². The Morgan fingerprint density at radius 2 is 1.60 bits per heavy atom. The lowest BCUT2D eigenvalue weighted by Gasteiger charge is -2.36. The summed E-state index contributed by atoms with van der Waals surface area (Å²) in [5, 5.41) is 28.1. The molecule has 1 aliphatic rings. The first kappa shape index (κ1) is 22.4. The van der Waals surface area contributed by atoms with Crippen molar-refractivity contribution in [2.45, 2.75) is 115 Å². The molecule has 148 valence electrons. The number of hydrogen-bond acceptors (Lipinski definition) is 5. The van der Waals surface area contributed by atoms with Crippen LogP contribution < -0.4 is 0 Å². The van der Waals surface area contributed by atoms with Crippen LogP contribution in [0.25, 0.3) is 0 Å². The van der Waals surface area contributed by atoms with Crippen molar-refractivity contribution in [2.24, 2.45) is 0 Å². The van der Waals surface area contributed by atoms with E-state index >= 15 is 0 Å². The first-order chi connectivity index (χ1) is 11.9. The largest absolute Gasteiger partial charge is 0.481 e. The molecule has 5 unspecified atom stereocenters. The van der Waals surface area contributed by atoms with Crippen LogP contribution in [0.5, 0.6) is 0 Å². The van der Waals surface area contributed by atoms with Crippen LogP contribution in [0.4, 0.5) is 0 Å². The molecule has 1 aliphatic heterocycles. The Bertz CT molecular complexity index is 362. The first-order valence-corrected chi connectivity index (χ1v) is 9.79. The van der Waals surface area contributed by atoms with Crippen molar-refractivity contribution in [3.8, 4) is 0 Å². The van der Waals surface area contributed by atoms with E-state index in [-0.39, 0.29) is 18.6 Å². The summed E-state index contributed by atoms with van der Waals surface area (Å²) in [5.41, 5.74) is 0. The number of hydrogen-bond donors (Lipinski definition) is 3. The van der Waals surface area contributed by atoms with Gasteiger partial charge in [0.1, 0.15) is 6.10 Å². The number of aliphatic hydroxyl groups is 2. The molecule has 0 saturated carbocycles. The average molecular weight is 360 g/mol. The van der Waals surface area contributed by atoms with Crippen molar-refractivity contribution >= 4 is 5.97 Å². The molecule has 0 amide bonds. The standard InChI is InChI=1S/C19H36O6/c1-14(24-19-17(21)13-16(20)15(2)25-19)11-9-7-5-3-4-6-8-10-12-18(22)23/h14-17,19-21H,3-13H2,1-2H3,(H,22,23). The molecule has 0 aromatic carbocycles. The Morgan fingerprint density at radius 3 is 2.20 bits per heavy atom. The summed E-state index contributed by atoms with van der Waals surface area (Å²) < 4.78 is 11.3. The molecule has 0 bridgehead atoms. The molecule has 0 aliphatic carbocycles. The number of carbonyl (C=O) groups is 1. The molecule has 0 spiro atoms. The molecule has 1 heterocycles. The summed E-state index contributed by atoms with van der Waals surface area (Å²) in [6.45, 7) is 3.79. The molecule has 1 rings (SSSR count). The fraction of sp³-hybridized carbons (Fsp3) is 0.947. The summed E-state index contributed by atoms with van der Waals surface area (Å²) in [6, 6.07) is 0. The van der Waals surface area contributed by atoms with Crippen molar-refractivity contribution in [1.29, 1.82) is 0 Å². The van der Waals surface area contributed by atoms with Gasteiger partial charge < -0.3 is 24.8 Å². The zero-order valence-electron chi connectivity index (χ0n) is 15.7. The second-order valence-corrected chi connectivity index (χ2v) is 7.29. The van der Waals surface area contributed by atoms with Crippen molar-refractivity contribution in [2.75, 3.05) is 0 Å². The van der Waals surface area contributed by atoms with E-state index in [4.69, 9.17) is 14.6 Å². The zero-order chi connectivity index (χ0) is 18.7. The van der Waals surface area contributed by atoms with Gasteiger partial charge >= 0.3 is 5.97 Å². The van der Waals surface area contributed by atoms with E-state index in [9.17, 15) is 15.0 Å². The van der Waals surface area contributed by atoms with Crippen LogP contribution in [0, 0.1) is 0 Å². The maximum atomic E-state index is 10.4. The molecule has 6 nitrogen and oxygen atoms in total. The minimum absolute atomic E-state index is 0.0260. The third-order valence-corrected chi connectivity index (χ3v) is 4.81. The predicted molar refractivity (Wildman–Crippen MR) is 95.3 cm³/mol. The number of carboxylic acids is 1. The van der Waals surface area contributed by atoms with Gasteiger partial charge in [0.2, 0.25) is 0 Å². The van der Waals surface area contributed by atoms with E-state index in [1.165, 1.54) is 19.3 Å². The minimum atomic E-state index is -0.769. The highest BCUT2D eigenvalue weighted by Gasteiger charge is 2.35. The maximum absolute atomic E-state index is 10.4. The van der Waals surface area contributed by atoms with E-state index in [0.29, 0.717) is 6.42 Å². The Hall–Kier alpha value is -0.690. The van der Waals surface area contributed by atoms with Crippen molar-refractivity contribution in [3.63, 3.8) is 0 Å². The molecular formula is C19H36O6. The van der Waals surface area contributed by atoms with Gasteiger partial charge in [-0.3, -0.25) is 4.79 Å². The molecule has 1 saturated heterocycles. The predicted octanol–water partition coefficient (Wildman–Crippen LogP) is 3.23. The Labute approximate surface area is 151 Å². The molecule has 0 aromatic rings. The molecule has 1 fully saturated rings. The minimum Gasteiger partial charge on any atom is -0.481 e. The topological polar surface area (TPSA) is 96.2 Å². The number of carboxylic acid groups (broad SMARTS) is 1. The maximum Gasteiger partial charge on any atom is 0.303 e. The Morgan fingerprint density at radius 1 is 1.04 bits per heavy atom. The van der Waals surface area contributed by atoms with Gasteiger partial charge in [-0.05, 0) is 26.7 Å². The highest BCUT2D eigenvalue weighted by Crippen LogP contribution is 2.23. The van der Waals surface area contributed by atoms with Crippen molar-refractivity contribution in [1.82, 2.24) is 0 Å². The highest BCUT2D eigenvalue weighted by atomic mass is 16.7. The highest BCUT2D eigenvalue weighted by molar-refractivity contribution is 5.66. The molecule has 6 heteroatoms. The van der Waals surface area contributed by atoms with E-state index in [2.05, 4.69) is 0 Å². The lowest BCUT2D eigenvalue weighted by Crippen LogP contribution is -2.48. The number of unbranched alkanes of at least 4 members (excludes halogenated alkanes) is 7. The van der Waals surface area contributed by atoms with Crippen LogP contribution >= 0.6 is 0 Å². The van der Waals surface area contributed by atoms with Gasteiger partial charge in [0.05, 0.1) is 18.3 Å². The molecular weight excluding hydrogens is 324 g/mol. The number of aliphatic carboxylic acids is 1. The SMILES string of the molecule is CC(CCCCCCCCCCC(=O)O)OC1OC(C)C(O)CC1O. The van der Waals surface area contributed by atoms with Gasteiger partial charge in [-0.25, -0.2) is 0 Å². The molecule has 3 N–H and O–H groups in total. The third-order valence-electron chi connectivity index (χ3n) is 4.81. The van der Waals surface area contributed by atoms with Crippen LogP contribution in [0.3, 0.4) is 0 Å². The lowest BCUT2D eigenvalue weighted by molar-refractivity contribution is -0.273. The van der Waals surface area contributed by atoms with Crippen LogP contribution in [-0.4, -0.2) is 52.0 Å². The lowest BCUT2D eigenvalue weighted by atomic mass is 10.0. The summed E-state index contributed by atoms with van der Waals surface area (Å²) in [7, 11) is 0. The van der Waals surface area contributed by atoms with Crippen LogP contribution in [0.1, 0.15) is 84.5 Å². The molecule has 0 radical (unpaired) electrons. The molecule has 0 aromatic heterocycles. The fourth-order valence-electron chi connectivity index (χ4n) is 3.13. The molecule has 25 heavy (non-hydrogen) atoms. The van der Waals surface area contributed by atoms with Gasteiger partial charge in [0.15, 0.2) is 6.29 Å². The van der Waals surface area contributed by atoms with Crippen LogP contribution in [-0.2, 0) is 14.3 Å². The summed E-state index contributed by atoms with van der Waals surface area (Å²) in [4.78, 5) is 10.4.